The molecule has 0 aromatic carbocycles. The van der Waals surface area contributed by atoms with Gasteiger partial charge in [0, 0.05) is 12.5 Å². The van der Waals surface area contributed by atoms with Crippen LogP contribution in [0.2, 0.25) is 0 Å². The van der Waals surface area contributed by atoms with Gasteiger partial charge in [-0.15, -0.1) is 0 Å². The van der Waals surface area contributed by atoms with Crippen molar-refractivity contribution in [1.82, 2.24) is 5.32 Å². The number of aliphatic carboxylic acids is 1. The smallest absolute Gasteiger partial charge is 0.303 e. The van der Waals surface area contributed by atoms with Gasteiger partial charge in [-0.3, -0.25) is 4.79 Å². The zero-order valence-electron chi connectivity index (χ0n) is 11.8. The molecule has 0 spiro atoms. The monoisotopic (exact) mass is 255 g/mol. The van der Waals surface area contributed by atoms with Crippen LogP contribution in [0.3, 0.4) is 0 Å². The second-order valence-corrected chi connectivity index (χ2v) is 5.66. The molecule has 3 nitrogen and oxygen atoms in total. The summed E-state index contributed by atoms with van der Waals surface area (Å²) in [6, 6.07) is 0.720. The molecule has 1 aliphatic carbocycles. The van der Waals surface area contributed by atoms with Crippen molar-refractivity contribution in [3.05, 3.63) is 0 Å². The Balaban J connectivity index is 1.93. The van der Waals surface area contributed by atoms with Gasteiger partial charge in [0.25, 0.3) is 0 Å². The molecule has 1 saturated carbocycles. The van der Waals surface area contributed by atoms with E-state index in [0.717, 1.165) is 37.8 Å². The molecule has 1 aliphatic rings. The third-order valence-electron chi connectivity index (χ3n) is 4.04. The van der Waals surface area contributed by atoms with Crippen LogP contribution in [-0.2, 0) is 4.79 Å². The maximum absolute atomic E-state index is 10.3. The first-order valence-electron chi connectivity index (χ1n) is 7.67. The topological polar surface area (TPSA) is 49.3 Å². The molecular weight excluding hydrogens is 226 g/mol. The molecule has 0 unspecified atom stereocenters. The lowest BCUT2D eigenvalue weighted by molar-refractivity contribution is -0.137. The predicted molar refractivity (Wildman–Crippen MR) is 74.8 cm³/mol. The van der Waals surface area contributed by atoms with E-state index in [-0.39, 0.29) is 0 Å². The number of rotatable bonds is 9. The maximum atomic E-state index is 10.3. The van der Waals surface area contributed by atoms with Crippen molar-refractivity contribution in [2.24, 2.45) is 5.92 Å². The van der Waals surface area contributed by atoms with Crippen molar-refractivity contribution in [1.29, 1.82) is 0 Å². The summed E-state index contributed by atoms with van der Waals surface area (Å²) in [5, 5.41) is 12.2. The van der Waals surface area contributed by atoms with Crippen LogP contribution in [0.25, 0.3) is 0 Å². The van der Waals surface area contributed by atoms with Gasteiger partial charge in [0.05, 0.1) is 0 Å². The highest BCUT2D eigenvalue weighted by molar-refractivity contribution is 5.66. The van der Waals surface area contributed by atoms with Crippen LogP contribution < -0.4 is 5.32 Å². The van der Waals surface area contributed by atoms with Gasteiger partial charge in [0.2, 0.25) is 0 Å². The Kier molecular flexibility index (Phi) is 8.06. The Hall–Kier alpha value is -0.570. The fourth-order valence-corrected chi connectivity index (χ4v) is 2.95. The van der Waals surface area contributed by atoms with Gasteiger partial charge in [-0.1, -0.05) is 26.2 Å². The van der Waals surface area contributed by atoms with E-state index in [1.807, 2.05) is 0 Å². The Morgan fingerprint density at radius 2 is 1.89 bits per heavy atom. The van der Waals surface area contributed by atoms with Gasteiger partial charge in [-0.05, 0) is 51.0 Å². The second kappa shape index (κ2) is 9.37. The number of carboxylic acid groups (broad SMARTS) is 1. The van der Waals surface area contributed by atoms with Gasteiger partial charge in [0.15, 0.2) is 0 Å². The second-order valence-electron chi connectivity index (χ2n) is 5.66. The molecule has 0 aromatic rings. The standard InChI is InChI=1S/C15H29NO2/c1-2-6-13-8-10-14(11-9-13)16-12-5-3-4-7-15(17)18/h13-14,16H,2-12H2,1H3,(H,17,18). The minimum absolute atomic E-state index is 0.322. The first-order chi connectivity index (χ1) is 8.72. The minimum Gasteiger partial charge on any atom is -0.481 e. The van der Waals surface area contributed by atoms with Crippen molar-refractivity contribution in [2.75, 3.05) is 6.54 Å². The molecule has 1 rings (SSSR count). The van der Waals surface area contributed by atoms with E-state index in [1.165, 1.54) is 38.5 Å². The van der Waals surface area contributed by atoms with Gasteiger partial charge in [-0.2, -0.15) is 0 Å². The highest BCUT2D eigenvalue weighted by Crippen LogP contribution is 2.27. The summed E-state index contributed by atoms with van der Waals surface area (Å²) in [6.07, 6.45) is 11.5. The van der Waals surface area contributed by atoms with Gasteiger partial charge in [-0.25, -0.2) is 0 Å². The first-order valence-corrected chi connectivity index (χ1v) is 7.67. The van der Waals surface area contributed by atoms with Crippen LogP contribution in [0.1, 0.15) is 71.1 Å². The lowest BCUT2D eigenvalue weighted by Crippen LogP contribution is -2.33. The number of hydrogen-bond donors (Lipinski definition) is 2. The van der Waals surface area contributed by atoms with E-state index < -0.39 is 5.97 Å². The van der Waals surface area contributed by atoms with E-state index in [4.69, 9.17) is 5.11 Å². The summed E-state index contributed by atoms with van der Waals surface area (Å²) >= 11 is 0. The molecule has 0 atom stereocenters. The van der Waals surface area contributed by atoms with Crippen LogP contribution in [0.5, 0.6) is 0 Å². The summed E-state index contributed by atoms with van der Waals surface area (Å²) in [4.78, 5) is 10.3. The van der Waals surface area contributed by atoms with Crippen LogP contribution >= 0.6 is 0 Å². The van der Waals surface area contributed by atoms with Gasteiger partial charge < -0.3 is 10.4 Å². The lowest BCUT2D eigenvalue weighted by Gasteiger charge is -2.29. The highest BCUT2D eigenvalue weighted by Gasteiger charge is 2.19. The molecule has 3 heteroatoms. The molecule has 0 heterocycles. The Bertz CT molecular complexity index is 223. The number of carbonyl (C=O) groups is 1. The SMILES string of the molecule is CCCC1CCC(NCCCCCC(=O)O)CC1. The Morgan fingerprint density at radius 3 is 2.50 bits per heavy atom. The average molecular weight is 255 g/mol. The van der Waals surface area contributed by atoms with Gasteiger partial charge in [0.1, 0.15) is 0 Å². The van der Waals surface area contributed by atoms with Crippen molar-refractivity contribution in [2.45, 2.75) is 77.2 Å². The molecular formula is C15H29NO2. The normalized spacial score (nSPS) is 24.1. The van der Waals surface area contributed by atoms with E-state index in [1.54, 1.807) is 0 Å². The largest absolute Gasteiger partial charge is 0.481 e. The molecule has 0 aromatic heterocycles. The minimum atomic E-state index is -0.669. The van der Waals surface area contributed by atoms with E-state index in [9.17, 15) is 4.79 Å². The zero-order chi connectivity index (χ0) is 13.2. The van der Waals surface area contributed by atoms with Crippen molar-refractivity contribution < 1.29 is 9.90 Å². The summed E-state index contributed by atoms with van der Waals surface area (Å²) in [5.41, 5.74) is 0. The zero-order valence-corrected chi connectivity index (χ0v) is 11.8. The number of carboxylic acids is 1. The molecule has 1 fully saturated rings. The molecule has 18 heavy (non-hydrogen) atoms. The molecule has 0 amide bonds. The third kappa shape index (κ3) is 7.00. The summed E-state index contributed by atoms with van der Waals surface area (Å²) in [5.74, 6) is 0.306. The van der Waals surface area contributed by atoms with Crippen LogP contribution in [0.15, 0.2) is 0 Å². The molecule has 0 aliphatic heterocycles. The van der Waals surface area contributed by atoms with Crippen LogP contribution in [0.4, 0.5) is 0 Å². The molecule has 2 N–H and O–H groups in total. The summed E-state index contributed by atoms with van der Waals surface area (Å²) in [7, 11) is 0. The fourth-order valence-electron chi connectivity index (χ4n) is 2.95. The summed E-state index contributed by atoms with van der Waals surface area (Å²) < 4.78 is 0. The number of unbranched alkanes of at least 4 members (excludes halogenated alkanes) is 2. The Labute approximate surface area is 111 Å². The quantitative estimate of drug-likeness (QED) is 0.619. The van der Waals surface area contributed by atoms with Crippen molar-refractivity contribution in [3.63, 3.8) is 0 Å². The first kappa shape index (κ1) is 15.5. The predicted octanol–water partition coefficient (Wildman–Crippen LogP) is 3.58. The van der Waals surface area contributed by atoms with Crippen molar-refractivity contribution in [3.8, 4) is 0 Å². The van der Waals surface area contributed by atoms with Crippen LogP contribution in [0, 0.1) is 5.92 Å². The summed E-state index contributed by atoms with van der Waals surface area (Å²) in [6.45, 7) is 3.34. The maximum Gasteiger partial charge on any atom is 0.303 e. The number of nitrogens with one attached hydrogen (secondary N) is 1. The van der Waals surface area contributed by atoms with E-state index in [0.29, 0.717) is 6.42 Å². The molecule has 0 saturated heterocycles. The average Bonchev–Trinajstić information content (AvgIpc) is 2.35. The Morgan fingerprint density at radius 1 is 1.17 bits per heavy atom. The van der Waals surface area contributed by atoms with E-state index >= 15 is 0 Å². The third-order valence-corrected chi connectivity index (χ3v) is 4.04. The molecule has 0 bridgehead atoms. The van der Waals surface area contributed by atoms with Gasteiger partial charge >= 0.3 is 5.97 Å². The van der Waals surface area contributed by atoms with Crippen molar-refractivity contribution >= 4 is 5.97 Å². The molecule has 0 radical (unpaired) electrons. The van der Waals surface area contributed by atoms with Crippen LogP contribution in [-0.4, -0.2) is 23.7 Å². The van der Waals surface area contributed by atoms with E-state index in [2.05, 4.69) is 12.2 Å². The number of hydrogen-bond acceptors (Lipinski definition) is 2. The molecule has 106 valence electrons. The lowest BCUT2D eigenvalue weighted by atomic mass is 9.83. The fraction of sp³-hybridized carbons (Fsp3) is 0.933. The highest BCUT2D eigenvalue weighted by atomic mass is 16.4.